The van der Waals surface area contributed by atoms with Crippen molar-refractivity contribution in [2.24, 2.45) is 0 Å². The smallest absolute Gasteiger partial charge is 0.184 e. The van der Waals surface area contributed by atoms with E-state index in [1.165, 1.54) is 37.4 Å². The van der Waals surface area contributed by atoms with Gasteiger partial charge in [-0.3, -0.25) is 4.90 Å². The van der Waals surface area contributed by atoms with Crippen LogP contribution in [-0.4, -0.2) is 19.7 Å². The van der Waals surface area contributed by atoms with Crippen LogP contribution < -0.4 is 40.2 Å². The summed E-state index contributed by atoms with van der Waals surface area (Å²) in [5.41, 5.74) is 11.2. The highest BCUT2D eigenvalue weighted by Crippen LogP contribution is 2.51. The van der Waals surface area contributed by atoms with Crippen molar-refractivity contribution in [3.63, 3.8) is 0 Å². The Kier molecular flexibility index (Phi) is 11.2. The Morgan fingerprint density at radius 1 is 0.449 bits per heavy atom. The van der Waals surface area contributed by atoms with Crippen LogP contribution in [0.25, 0.3) is 22.3 Å². The second-order valence-electron chi connectivity index (χ2n) is 23.8. The molecule has 10 aromatic rings. The second kappa shape index (κ2) is 19.5. The van der Waals surface area contributed by atoms with E-state index in [0.29, 0.717) is 23.7 Å². The lowest BCUT2D eigenvalue weighted by Gasteiger charge is -2.44. The molecule has 0 radical (unpaired) electrons. The molecule has 0 amide bonds. The standard InChI is InChI=1S/C72H68N4OSi/c1-70(2,3)52-41-42-73-68(46-52)76-64-37-21-22-38-66(64)78(58-29-15-11-16-30-58,59-31-17-12-18-32-59)67-40-39-57(48-65(67)76)77-56-28-23-27-55(47-56)74-49-75(63-36-20-19-35-62(63)74)69-60(50-25-13-10-14-26-50)33-24-34-61(69)51-43-53(71(4,5)6)45-54(44-51)72(7,8)9/h10-48H,49H2,1-9H3/i10D,13D,14D,25D,26D. The van der Waals surface area contributed by atoms with E-state index in [0.717, 1.165) is 51.1 Å². The molecular formula is C72H68N4OSi. The van der Waals surface area contributed by atoms with Gasteiger partial charge in [-0.2, -0.15) is 0 Å². The zero-order valence-electron chi connectivity index (χ0n) is 51.0. The van der Waals surface area contributed by atoms with Crippen molar-refractivity contribution >= 4 is 68.8 Å². The van der Waals surface area contributed by atoms with Gasteiger partial charge < -0.3 is 14.5 Å². The predicted molar refractivity (Wildman–Crippen MR) is 332 cm³/mol. The van der Waals surface area contributed by atoms with E-state index in [4.69, 9.17) is 13.8 Å². The van der Waals surface area contributed by atoms with Gasteiger partial charge in [0, 0.05) is 40.8 Å². The largest absolute Gasteiger partial charge is 0.457 e. The molecule has 5 nitrogen and oxygen atoms in total. The molecule has 2 aliphatic heterocycles. The molecule has 0 N–H and O–H groups in total. The summed E-state index contributed by atoms with van der Waals surface area (Å²) >= 11 is 0. The average molecular weight is 1040 g/mol. The number of hydrogen-bond donors (Lipinski definition) is 0. The molecule has 2 aliphatic rings. The Labute approximate surface area is 470 Å². The molecule has 3 heterocycles. The third-order valence-corrected chi connectivity index (χ3v) is 20.4. The van der Waals surface area contributed by atoms with Crippen molar-refractivity contribution in [3.05, 3.63) is 253 Å². The quantitative estimate of drug-likeness (QED) is 0.135. The van der Waals surface area contributed by atoms with Gasteiger partial charge in [0.05, 0.1) is 29.6 Å². The third kappa shape index (κ3) is 8.98. The zero-order valence-corrected chi connectivity index (χ0v) is 47.0. The Morgan fingerprint density at radius 2 is 1.00 bits per heavy atom. The normalized spacial score (nSPS) is 14.8. The summed E-state index contributed by atoms with van der Waals surface area (Å²) in [5.74, 6) is 2.16. The van der Waals surface area contributed by atoms with Crippen molar-refractivity contribution in [1.82, 2.24) is 4.98 Å². The fourth-order valence-corrected chi connectivity index (χ4v) is 16.6. The van der Waals surface area contributed by atoms with Crippen LogP contribution in [0.3, 0.4) is 0 Å². The molecule has 0 saturated carbocycles. The summed E-state index contributed by atoms with van der Waals surface area (Å²) < 4.78 is 52.0. The number of fused-ring (bicyclic) bond motifs is 3. The summed E-state index contributed by atoms with van der Waals surface area (Å²) in [6, 6.07) is 69.4. The first-order valence-electron chi connectivity index (χ1n) is 29.5. The Hall–Kier alpha value is -8.45. The van der Waals surface area contributed by atoms with E-state index in [-0.39, 0.29) is 46.0 Å². The minimum Gasteiger partial charge on any atom is -0.457 e. The molecule has 0 bridgehead atoms. The molecule has 0 fully saturated rings. The van der Waals surface area contributed by atoms with Crippen molar-refractivity contribution in [3.8, 4) is 33.8 Å². The van der Waals surface area contributed by atoms with Gasteiger partial charge in [-0.15, -0.1) is 0 Å². The molecule has 78 heavy (non-hydrogen) atoms. The predicted octanol–water partition coefficient (Wildman–Crippen LogP) is 16.5. The van der Waals surface area contributed by atoms with Crippen LogP contribution in [0.1, 0.15) is 85.9 Å². The highest BCUT2D eigenvalue weighted by Gasteiger charge is 2.49. The number of pyridine rings is 1. The summed E-state index contributed by atoms with van der Waals surface area (Å²) in [6.07, 6.45) is 1.93. The monoisotopic (exact) mass is 1040 g/mol. The molecule has 386 valence electrons. The van der Waals surface area contributed by atoms with Crippen LogP contribution in [0.15, 0.2) is 237 Å². The lowest BCUT2D eigenvalue weighted by Crippen LogP contribution is -2.77. The number of benzene rings is 9. The highest BCUT2D eigenvalue weighted by atomic mass is 28.3. The lowest BCUT2D eigenvalue weighted by atomic mass is 9.78. The molecule has 0 aliphatic carbocycles. The molecule has 0 saturated heterocycles. The zero-order chi connectivity index (χ0) is 58.3. The van der Waals surface area contributed by atoms with Gasteiger partial charge in [-0.05, 0) is 113 Å². The molecule has 0 unspecified atom stereocenters. The van der Waals surface area contributed by atoms with Gasteiger partial charge in [0.2, 0.25) is 0 Å². The molecule has 1 aromatic heterocycles. The van der Waals surface area contributed by atoms with Crippen LogP contribution in [-0.2, 0) is 16.2 Å². The van der Waals surface area contributed by atoms with Crippen molar-refractivity contribution in [2.75, 3.05) is 21.4 Å². The van der Waals surface area contributed by atoms with E-state index in [1.54, 1.807) is 0 Å². The van der Waals surface area contributed by atoms with E-state index in [9.17, 15) is 2.74 Å². The number of aromatic nitrogens is 1. The van der Waals surface area contributed by atoms with Crippen LogP contribution in [0.2, 0.25) is 0 Å². The molecule has 6 heteroatoms. The van der Waals surface area contributed by atoms with Crippen LogP contribution >= 0.6 is 0 Å². The minimum absolute atomic E-state index is 0.116. The van der Waals surface area contributed by atoms with Gasteiger partial charge in [0.1, 0.15) is 24.0 Å². The maximum Gasteiger partial charge on any atom is 0.184 e. The van der Waals surface area contributed by atoms with Gasteiger partial charge in [0.15, 0.2) is 8.07 Å². The number of rotatable bonds is 9. The third-order valence-electron chi connectivity index (χ3n) is 15.6. The number of nitrogens with zero attached hydrogens (tertiary/aromatic N) is 4. The molecule has 12 rings (SSSR count). The van der Waals surface area contributed by atoms with Gasteiger partial charge in [-0.1, -0.05) is 232 Å². The lowest BCUT2D eigenvalue weighted by molar-refractivity contribution is 0.483. The first-order valence-corrected chi connectivity index (χ1v) is 29.0. The number of anilines is 7. The Balaban J connectivity index is 1.00. The highest BCUT2D eigenvalue weighted by molar-refractivity contribution is 7.21. The van der Waals surface area contributed by atoms with Crippen LogP contribution in [0.4, 0.5) is 39.9 Å². The summed E-state index contributed by atoms with van der Waals surface area (Å²) in [5, 5.41) is 5.08. The maximum absolute atomic E-state index is 9.33. The van der Waals surface area contributed by atoms with Crippen molar-refractivity contribution in [2.45, 2.75) is 78.6 Å². The van der Waals surface area contributed by atoms with E-state index >= 15 is 0 Å². The average Bonchev–Trinajstić information content (AvgIpc) is 1.54. The molecular weight excluding hydrogens is 965 g/mol. The first kappa shape index (κ1) is 44.7. The van der Waals surface area contributed by atoms with Gasteiger partial charge in [0.25, 0.3) is 0 Å². The van der Waals surface area contributed by atoms with Crippen LogP contribution in [0.5, 0.6) is 11.5 Å². The van der Waals surface area contributed by atoms with Crippen LogP contribution in [0, 0.1) is 0 Å². The fourth-order valence-electron chi connectivity index (χ4n) is 11.5. The number of hydrogen-bond acceptors (Lipinski definition) is 5. The second-order valence-corrected chi connectivity index (χ2v) is 27.5. The van der Waals surface area contributed by atoms with Crippen molar-refractivity contribution in [1.29, 1.82) is 0 Å². The SMILES string of the molecule is [2H]c1c([2H])c([2H])c(-c2cccc(-c3cc(C(C)(C)C)cc(C(C)(C)C)c3)c2N2CN(c3cccc(Oc4ccc5c(c4)N(c4cc(C(C)(C)C)ccn4)c4ccccc4[Si]5(c4ccccc4)c4ccccc4)c3)c3ccccc32)c([2H])c1[2H]. The Bertz CT molecular complexity index is 4050. The fraction of sp³-hybridized carbons (Fsp3) is 0.181. The first-order chi connectivity index (χ1) is 39.6. The van der Waals surface area contributed by atoms with Crippen molar-refractivity contribution < 1.29 is 11.6 Å². The van der Waals surface area contributed by atoms with Gasteiger partial charge in [-0.25, -0.2) is 4.98 Å². The molecule has 0 atom stereocenters. The maximum atomic E-state index is 9.33. The minimum atomic E-state index is -2.98. The molecule has 9 aromatic carbocycles. The van der Waals surface area contributed by atoms with E-state index in [1.807, 2.05) is 42.6 Å². The number of para-hydroxylation sites is 4. The van der Waals surface area contributed by atoms with E-state index in [2.05, 4.69) is 241 Å². The number of ether oxygens (including phenoxy) is 1. The molecule has 0 spiro atoms. The topological polar surface area (TPSA) is 31.8 Å². The summed E-state index contributed by atoms with van der Waals surface area (Å²) in [6.45, 7) is 20.4. The van der Waals surface area contributed by atoms with E-state index < -0.39 is 14.1 Å². The Morgan fingerprint density at radius 3 is 1.64 bits per heavy atom. The van der Waals surface area contributed by atoms with Gasteiger partial charge >= 0.3 is 0 Å². The summed E-state index contributed by atoms with van der Waals surface area (Å²) in [7, 11) is -2.98. The summed E-state index contributed by atoms with van der Waals surface area (Å²) in [4.78, 5) is 12.0.